The molecule has 0 aliphatic carbocycles. The standard InChI is InChI=1S/C6H13N3O/c1-5(2)9-4-7-8(3)6(9)10/h4-6,10H,1-3H3. The van der Waals surface area contributed by atoms with E-state index >= 15 is 0 Å². The van der Waals surface area contributed by atoms with E-state index in [2.05, 4.69) is 5.10 Å². The first-order chi connectivity index (χ1) is 4.63. The predicted octanol–water partition coefficient (Wildman–Crippen LogP) is -0.139. The average Bonchev–Trinajstić information content (AvgIpc) is 2.14. The van der Waals surface area contributed by atoms with Gasteiger partial charge in [-0.2, -0.15) is 5.10 Å². The molecule has 0 radical (unpaired) electrons. The fourth-order valence-corrected chi connectivity index (χ4v) is 0.853. The molecule has 4 heteroatoms. The first-order valence-corrected chi connectivity index (χ1v) is 3.35. The Hall–Kier alpha value is -0.770. The van der Waals surface area contributed by atoms with Gasteiger partial charge in [-0.3, -0.25) is 5.01 Å². The molecule has 1 aliphatic rings. The summed E-state index contributed by atoms with van der Waals surface area (Å²) >= 11 is 0. The van der Waals surface area contributed by atoms with E-state index in [0.29, 0.717) is 6.04 Å². The van der Waals surface area contributed by atoms with Crippen LogP contribution in [0.25, 0.3) is 0 Å². The van der Waals surface area contributed by atoms with Crippen molar-refractivity contribution in [1.29, 1.82) is 0 Å². The largest absolute Gasteiger partial charge is 0.355 e. The highest BCUT2D eigenvalue weighted by Gasteiger charge is 2.23. The second-order valence-electron chi connectivity index (χ2n) is 2.69. The molecule has 0 spiro atoms. The first-order valence-electron chi connectivity index (χ1n) is 3.35. The summed E-state index contributed by atoms with van der Waals surface area (Å²) in [4.78, 5) is 1.78. The minimum Gasteiger partial charge on any atom is -0.355 e. The van der Waals surface area contributed by atoms with Crippen molar-refractivity contribution < 1.29 is 5.11 Å². The fourth-order valence-electron chi connectivity index (χ4n) is 0.853. The third-order valence-corrected chi connectivity index (χ3v) is 1.56. The van der Waals surface area contributed by atoms with E-state index in [1.807, 2.05) is 13.8 Å². The summed E-state index contributed by atoms with van der Waals surface area (Å²) in [6.45, 7) is 4.02. The molecule has 4 nitrogen and oxygen atoms in total. The van der Waals surface area contributed by atoms with Crippen LogP contribution in [0.1, 0.15) is 13.8 Å². The molecule has 1 unspecified atom stereocenters. The third-order valence-electron chi connectivity index (χ3n) is 1.56. The minimum absolute atomic E-state index is 0.295. The van der Waals surface area contributed by atoms with Crippen molar-refractivity contribution in [2.24, 2.45) is 5.10 Å². The van der Waals surface area contributed by atoms with Crippen LogP contribution < -0.4 is 0 Å². The van der Waals surface area contributed by atoms with Crippen molar-refractivity contribution in [3.8, 4) is 0 Å². The lowest BCUT2D eigenvalue weighted by atomic mass is 10.4. The Bertz CT molecular complexity index is 146. The number of hydrogen-bond donors (Lipinski definition) is 1. The molecule has 1 aliphatic heterocycles. The van der Waals surface area contributed by atoms with Crippen LogP contribution >= 0.6 is 0 Å². The van der Waals surface area contributed by atoms with E-state index in [9.17, 15) is 5.11 Å². The highest BCUT2D eigenvalue weighted by Crippen LogP contribution is 2.09. The molecule has 58 valence electrons. The molecule has 0 bridgehead atoms. The van der Waals surface area contributed by atoms with Crippen molar-refractivity contribution in [3.63, 3.8) is 0 Å². The summed E-state index contributed by atoms with van der Waals surface area (Å²) in [5, 5.41) is 14.8. The van der Waals surface area contributed by atoms with Gasteiger partial charge in [-0.05, 0) is 13.8 Å². The number of aliphatic hydroxyl groups is 1. The van der Waals surface area contributed by atoms with E-state index in [4.69, 9.17) is 0 Å². The molecule has 1 atom stereocenters. The van der Waals surface area contributed by atoms with Crippen molar-refractivity contribution in [2.75, 3.05) is 7.05 Å². The molecule has 10 heavy (non-hydrogen) atoms. The summed E-state index contributed by atoms with van der Waals surface area (Å²) in [5.41, 5.74) is 0. The Morgan fingerprint density at radius 1 is 1.60 bits per heavy atom. The van der Waals surface area contributed by atoms with E-state index in [-0.39, 0.29) is 0 Å². The zero-order valence-electron chi connectivity index (χ0n) is 6.52. The Morgan fingerprint density at radius 2 is 2.20 bits per heavy atom. The van der Waals surface area contributed by atoms with Gasteiger partial charge in [0.25, 0.3) is 0 Å². The van der Waals surface area contributed by atoms with Gasteiger partial charge in [0, 0.05) is 13.1 Å². The zero-order chi connectivity index (χ0) is 7.72. The number of rotatable bonds is 1. The van der Waals surface area contributed by atoms with Gasteiger partial charge in [-0.25, -0.2) is 0 Å². The molecule has 0 aromatic rings. The van der Waals surface area contributed by atoms with Crippen molar-refractivity contribution in [3.05, 3.63) is 0 Å². The average molecular weight is 143 g/mol. The maximum absolute atomic E-state index is 9.35. The second-order valence-corrected chi connectivity index (χ2v) is 2.69. The van der Waals surface area contributed by atoms with Crippen LogP contribution in [0.3, 0.4) is 0 Å². The van der Waals surface area contributed by atoms with Gasteiger partial charge in [0.05, 0.1) is 0 Å². The highest BCUT2D eigenvalue weighted by molar-refractivity contribution is 5.56. The molecule has 0 saturated heterocycles. The van der Waals surface area contributed by atoms with Crippen LogP contribution in [-0.2, 0) is 0 Å². The monoisotopic (exact) mass is 143 g/mol. The summed E-state index contributed by atoms with van der Waals surface area (Å²) < 4.78 is 0. The number of aliphatic hydroxyl groups excluding tert-OH is 1. The summed E-state index contributed by atoms with van der Waals surface area (Å²) in [5.74, 6) is 0. The van der Waals surface area contributed by atoms with Gasteiger partial charge in [-0.1, -0.05) is 0 Å². The SMILES string of the molecule is CC(C)N1C=NN(C)C1O. The van der Waals surface area contributed by atoms with Gasteiger partial charge in [0.1, 0.15) is 6.34 Å². The topological polar surface area (TPSA) is 39.1 Å². The smallest absolute Gasteiger partial charge is 0.223 e. The van der Waals surface area contributed by atoms with Crippen LogP contribution in [0.5, 0.6) is 0 Å². The Morgan fingerprint density at radius 3 is 2.40 bits per heavy atom. The number of hydrogen-bond acceptors (Lipinski definition) is 4. The van der Waals surface area contributed by atoms with Crippen LogP contribution in [-0.4, -0.2) is 40.8 Å². The molecule has 0 amide bonds. The molecule has 0 fully saturated rings. The molecule has 0 aromatic heterocycles. The highest BCUT2D eigenvalue weighted by atomic mass is 16.3. The van der Waals surface area contributed by atoms with Gasteiger partial charge in [0.15, 0.2) is 0 Å². The second kappa shape index (κ2) is 2.46. The predicted molar refractivity (Wildman–Crippen MR) is 39.2 cm³/mol. The van der Waals surface area contributed by atoms with Gasteiger partial charge in [0.2, 0.25) is 6.35 Å². The summed E-state index contributed by atoms with van der Waals surface area (Å²) in [7, 11) is 1.74. The quantitative estimate of drug-likeness (QED) is 0.555. The molecular formula is C6H13N3O. The first kappa shape index (κ1) is 7.34. The lowest BCUT2D eigenvalue weighted by Crippen LogP contribution is -2.41. The van der Waals surface area contributed by atoms with Crippen LogP contribution in [0.15, 0.2) is 5.10 Å². The minimum atomic E-state index is -0.583. The van der Waals surface area contributed by atoms with E-state index in [1.165, 1.54) is 5.01 Å². The van der Waals surface area contributed by atoms with Crippen LogP contribution in [0, 0.1) is 0 Å². The third kappa shape index (κ3) is 1.07. The van der Waals surface area contributed by atoms with Gasteiger partial charge < -0.3 is 10.0 Å². The van der Waals surface area contributed by atoms with Crippen molar-refractivity contribution in [2.45, 2.75) is 26.2 Å². The van der Waals surface area contributed by atoms with E-state index in [0.717, 1.165) is 0 Å². The number of hydrazone groups is 1. The fraction of sp³-hybridized carbons (Fsp3) is 0.833. The Labute approximate surface area is 60.7 Å². The Balaban J connectivity index is 2.58. The van der Waals surface area contributed by atoms with Crippen LogP contribution in [0.4, 0.5) is 0 Å². The van der Waals surface area contributed by atoms with E-state index in [1.54, 1.807) is 18.3 Å². The molecule has 1 N–H and O–H groups in total. The lowest BCUT2D eigenvalue weighted by molar-refractivity contribution is -0.0546. The molecule has 0 saturated carbocycles. The molecule has 1 rings (SSSR count). The van der Waals surface area contributed by atoms with Crippen molar-refractivity contribution in [1.82, 2.24) is 9.91 Å². The lowest BCUT2D eigenvalue weighted by Gasteiger charge is -2.26. The zero-order valence-corrected chi connectivity index (χ0v) is 6.52. The molecular weight excluding hydrogens is 130 g/mol. The van der Waals surface area contributed by atoms with Crippen LogP contribution in [0.2, 0.25) is 0 Å². The van der Waals surface area contributed by atoms with E-state index < -0.39 is 6.35 Å². The van der Waals surface area contributed by atoms with Gasteiger partial charge >= 0.3 is 0 Å². The van der Waals surface area contributed by atoms with Crippen molar-refractivity contribution >= 4 is 6.34 Å². The molecule has 1 heterocycles. The Kier molecular flexibility index (Phi) is 1.80. The molecule has 0 aromatic carbocycles. The summed E-state index contributed by atoms with van der Waals surface area (Å²) in [6, 6.07) is 0.295. The number of nitrogens with zero attached hydrogens (tertiary/aromatic N) is 3. The maximum atomic E-state index is 9.35. The van der Waals surface area contributed by atoms with Gasteiger partial charge in [-0.15, -0.1) is 0 Å². The maximum Gasteiger partial charge on any atom is 0.223 e. The normalized spacial score (nSPS) is 25.1. The summed E-state index contributed by atoms with van der Waals surface area (Å²) in [6.07, 6.45) is 1.06.